The van der Waals surface area contributed by atoms with E-state index in [2.05, 4.69) is 79.5 Å². The SMILES string of the molecule is CN1/C(=C\C=C\C=N)C(C)(Cc2ccccc2)c2ccccc21. The molecule has 0 saturated heterocycles. The van der Waals surface area contributed by atoms with E-state index < -0.39 is 0 Å². The first kappa shape index (κ1) is 15.3. The van der Waals surface area contributed by atoms with Crippen molar-refractivity contribution < 1.29 is 0 Å². The zero-order chi connectivity index (χ0) is 16.3. The van der Waals surface area contributed by atoms with Crippen molar-refractivity contribution in [3.05, 3.63) is 89.6 Å². The van der Waals surface area contributed by atoms with E-state index in [-0.39, 0.29) is 5.41 Å². The number of anilines is 1. The monoisotopic (exact) mass is 302 g/mol. The zero-order valence-corrected chi connectivity index (χ0v) is 13.7. The van der Waals surface area contributed by atoms with Crippen LogP contribution in [-0.2, 0) is 11.8 Å². The number of para-hydroxylation sites is 1. The van der Waals surface area contributed by atoms with Crippen molar-refractivity contribution in [3.63, 3.8) is 0 Å². The molecule has 0 aliphatic carbocycles. The van der Waals surface area contributed by atoms with Crippen molar-refractivity contribution in [2.45, 2.75) is 18.8 Å². The first-order chi connectivity index (χ1) is 11.2. The Morgan fingerprint density at radius 1 is 1.00 bits per heavy atom. The number of allylic oxidation sites excluding steroid dienone is 4. The third kappa shape index (κ3) is 2.72. The van der Waals surface area contributed by atoms with E-state index in [4.69, 9.17) is 5.41 Å². The molecule has 1 unspecified atom stereocenters. The maximum Gasteiger partial charge on any atom is 0.0448 e. The Balaban J connectivity index is 2.10. The summed E-state index contributed by atoms with van der Waals surface area (Å²) < 4.78 is 0. The molecule has 2 nitrogen and oxygen atoms in total. The van der Waals surface area contributed by atoms with E-state index in [1.54, 1.807) is 6.08 Å². The lowest BCUT2D eigenvalue weighted by molar-refractivity contribution is 0.567. The Labute approximate surface area is 138 Å². The van der Waals surface area contributed by atoms with E-state index in [0.29, 0.717) is 0 Å². The standard InChI is InChI=1S/C21H22N2/c1-21(16-17-10-4-3-5-11-17)18-12-6-7-13-19(18)23(2)20(21)14-8-9-15-22/h3-15,22H,16H2,1-2H3/b9-8+,20-14-,22-15?. The molecule has 0 fully saturated rings. The van der Waals surface area contributed by atoms with Crippen LogP contribution in [-0.4, -0.2) is 13.3 Å². The number of nitrogens with zero attached hydrogens (tertiary/aromatic N) is 1. The van der Waals surface area contributed by atoms with Gasteiger partial charge in [0.25, 0.3) is 0 Å². The molecule has 0 spiro atoms. The highest BCUT2D eigenvalue weighted by molar-refractivity contribution is 5.72. The van der Waals surface area contributed by atoms with Crippen molar-refractivity contribution in [3.8, 4) is 0 Å². The Bertz CT molecular complexity index is 758. The highest BCUT2D eigenvalue weighted by Gasteiger charge is 2.41. The molecule has 0 aromatic heterocycles. The van der Waals surface area contributed by atoms with Crippen LogP contribution in [0.4, 0.5) is 5.69 Å². The zero-order valence-electron chi connectivity index (χ0n) is 13.7. The summed E-state index contributed by atoms with van der Waals surface area (Å²) in [5, 5.41) is 7.18. The summed E-state index contributed by atoms with van der Waals surface area (Å²) in [4.78, 5) is 2.27. The second-order valence-electron chi connectivity index (χ2n) is 6.17. The lowest BCUT2D eigenvalue weighted by atomic mass is 9.76. The van der Waals surface area contributed by atoms with Crippen molar-refractivity contribution in [1.29, 1.82) is 5.41 Å². The molecule has 0 radical (unpaired) electrons. The molecule has 1 atom stereocenters. The number of rotatable bonds is 4. The van der Waals surface area contributed by atoms with Crippen LogP contribution in [0.5, 0.6) is 0 Å². The molecule has 1 N–H and O–H groups in total. The molecule has 1 aliphatic heterocycles. The molecule has 0 saturated carbocycles. The minimum Gasteiger partial charge on any atom is -0.347 e. The number of hydrogen-bond donors (Lipinski definition) is 1. The van der Waals surface area contributed by atoms with Gasteiger partial charge < -0.3 is 10.3 Å². The quantitative estimate of drug-likeness (QED) is 0.812. The van der Waals surface area contributed by atoms with Crippen LogP contribution < -0.4 is 4.90 Å². The van der Waals surface area contributed by atoms with Gasteiger partial charge in [0.05, 0.1) is 0 Å². The first-order valence-electron chi connectivity index (χ1n) is 7.92. The molecule has 3 rings (SSSR count). The lowest BCUT2D eigenvalue weighted by Gasteiger charge is -2.29. The average Bonchev–Trinajstić information content (AvgIpc) is 2.78. The van der Waals surface area contributed by atoms with Gasteiger partial charge in [-0.05, 0) is 42.7 Å². The molecule has 23 heavy (non-hydrogen) atoms. The molecule has 0 bridgehead atoms. The Kier molecular flexibility index (Phi) is 4.16. The maximum absolute atomic E-state index is 7.18. The van der Waals surface area contributed by atoms with Crippen molar-refractivity contribution in [2.75, 3.05) is 11.9 Å². The minimum absolute atomic E-state index is 0.0704. The predicted molar refractivity (Wildman–Crippen MR) is 98.3 cm³/mol. The van der Waals surface area contributed by atoms with E-state index in [1.165, 1.54) is 28.7 Å². The Morgan fingerprint density at radius 3 is 2.43 bits per heavy atom. The molecule has 116 valence electrons. The van der Waals surface area contributed by atoms with E-state index in [1.807, 2.05) is 6.08 Å². The van der Waals surface area contributed by atoms with Crippen LogP contribution in [0.25, 0.3) is 0 Å². The van der Waals surface area contributed by atoms with Gasteiger partial charge in [-0.15, -0.1) is 0 Å². The third-order valence-electron chi connectivity index (χ3n) is 4.65. The molecule has 1 aliphatic rings. The summed E-state index contributed by atoms with van der Waals surface area (Å²) in [5.41, 5.74) is 5.16. The number of hydrogen-bond acceptors (Lipinski definition) is 2. The second-order valence-corrected chi connectivity index (χ2v) is 6.17. The molecule has 1 heterocycles. The molecular formula is C21H22N2. The van der Waals surface area contributed by atoms with E-state index in [0.717, 1.165) is 6.42 Å². The summed E-state index contributed by atoms with van der Waals surface area (Å²) in [6.07, 6.45) is 8.11. The van der Waals surface area contributed by atoms with Crippen LogP contribution in [0.3, 0.4) is 0 Å². The summed E-state index contributed by atoms with van der Waals surface area (Å²) in [6.45, 7) is 2.31. The smallest absolute Gasteiger partial charge is 0.0448 e. The Morgan fingerprint density at radius 2 is 1.70 bits per heavy atom. The van der Waals surface area contributed by atoms with Gasteiger partial charge in [0.15, 0.2) is 0 Å². The van der Waals surface area contributed by atoms with Crippen LogP contribution in [0.15, 0.2) is 78.5 Å². The predicted octanol–water partition coefficient (Wildman–Crippen LogP) is 4.73. The van der Waals surface area contributed by atoms with Crippen LogP contribution in [0, 0.1) is 5.41 Å². The van der Waals surface area contributed by atoms with Crippen LogP contribution in [0.2, 0.25) is 0 Å². The lowest BCUT2D eigenvalue weighted by Crippen LogP contribution is -2.28. The van der Waals surface area contributed by atoms with Gasteiger partial charge in [-0.3, -0.25) is 0 Å². The van der Waals surface area contributed by atoms with Gasteiger partial charge in [0, 0.05) is 30.1 Å². The molecule has 2 aromatic carbocycles. The van der Waals surface area contributed by atoms with Crippen molar-refractivity contribution >= 4 is 11.9 Å². The molecule has 2 aromatic rings. The normalized spacial score (nSPS) is 21.8. The fourth-order valence-corrected chi connectivity index (χ4v) is 3.56. The molecule has 2 heteroatoms. The highest BCUT2D eigenvalue weighted by atomic mass is 15.2. The van der Waals surface area contributed by atoms with Crippen LogP contribution >= 0.6 is 0 Å². The maximum atomic E-state index is 7.18. The summed E-state index contributed by atoms with van der Waals surface area (Å²) in [7, 11) is 2.12. The average molecular weight is 302 g/mol. The fraction of sp³-hybridized carbons (Fsp3) is 0.190. The van der Waals surface area contributed by atoms with Gasteiger partial charge in [0.2, 0.25) is 0 Å². The van der Waals surface area contributed by atoms with Gasteiger partial charge >= 0.3 is 0 Å². The summed E-state index contributed by atoms with van der Waals surface area (Å²) >= 11 is 0. The number of fused-ring (bicyclic) bond motifs is 1. The Hall–Kier alpha value is -2.61. The number of nitrogens with one attached hydrogen (secondary N) is 1. The molecular weight excluding hydrogens is 280 g/mol. The van der Waals surface area contributed by atoms with E-state index >= 15 is 0 Å². The van der Waals surface area contributed by atoms with Crippen molar-refractivity contribution in [2.24, 2.45) is 0 Å². The van der Waals surface area contributed by atoms with Gasteiger partial charge in [-0.25, -0.2) is 0 Å². The van der Waals surface area contributed by atoms with Crippen LogP contribution in [0.1, 0.15) is 18.1 Å². The molecule has 0 amide bonds. The first-order valence-corrected chi connectivity index (χ1v) is 7.92. The van der Waals surface area contributed by atoms with E-state index in [9.17, 15) is 0 Å². The summed E-state index contributed by atoms with van der Waals surface area (Å²) in [6, 6.07) is 19.3. The summed E-state index contributed by atoms with van der Waals surface area (Å²) in [5.74, 6) is 0. The minimum atomic E-state index is -0.0704. The second kappa shape index (κ2) is 6.25. The van der Waals surface area contributed by atoms with Crippen molar-refractivity contribution in [1.82, 2.24) is 0 Å². The number of benzene rings is 2. The third-order valence-corrected chi connectivity index (χ3v) is 4.65. The number of likely N-dealkylation sites (N-methyl/N-ethyl adjacent to an activating group) is 1. The fourth-order valence-electron chi connectivity index (χ4n) is 3.56. The van der Waals surface area contributed by atoms with Gasteiger partial charge in [-0.2, -0.15) is 0 Å². The topological polar surface area (TPSA) is 27.1 Å². The largest absolute Gasteiger partial charge is 0.347 e. The van der Waals surface area contributed by atoms with Gasteiger partial charge in [0.1, 0.15) is 0 Å². The highest BCUT2D eigenvalue weighted by Crippen LogP contribution is 2.48. The van der Waals surface area contributed by atoms with Gasteiger partial charge in [-0.1, -0.05) is 54.6 Å².